The van der Waals surface area contributed by atoms with Crippen LogP contribution in [-0.2, 0) is 6.42 Å². The van der Waals surface area contributed by atoms with Crippen molar-refractivity contribution in [2.45, 2.75) is 13.3 Å². The van der Waals surface area contributed by atoms with Crippen LogP contribution in [0, 0.1) is 20.7 Å². The number of hydrogen-bond acceptors (Lipinski definition) is 7. The minimum Gasteiger partial charge on any atom is -0.493 e. The first-order valence-electron chi connectivity index (χ1n) is 8.87. The third-order valence-electron chi connectivity index (χ3n) is 4.08. The maximum atomic E-state index is 13.1. The third-order valence-corrected chi connectivity index (χ3v) is 4.34. The summed E-state index contributed by atoms with van der Waals surface area (Å²) in [5, 5.41) is 22.6. The van der Waals surface area contributed by atoms with Crippen LogP contribution in [-0.4, -0.2) is 39.7 Å². The first-order chi connectivity index (χ1) is 14.4. The molecule has 0 amide bonds. The summed E-state index contributed by atoms with van der Waals surface area (Å²) < 4.78 is 25.4. The van der Waals surface area contributed by atoms with E-state index in [-0.39, 0.29) is 34.4 Å². The summed E-state index contributed by atoms with van der Waals surface area (Å²) in [6.45, 7) is 1.98. The molecule has 0 aliphatic heterocycles. The zero-order valence-electron chi connectivity index (χ0n) is 16.2. The Bertz CT molecular complexity index is 1140. The van der Waals surface area contributed by atoms with E-state index >= 15 is 0 Å². The van der Waals surface area contributed by atoms with Gasteiger partial charge in [-0.05, 0) is 42.9 Å². The predicted octanol–water partition coefficient (Wildman–Crippen LogP) is 3.87. The molecule has 1 aromatic heterocycles. The highest BCUT2D eigenvalue weighted by atomic mass is 32.1. The minimum atomic E-state index is -0.547. The van der Waals surface area contributed by atoms with E-state index in [4.69, 9.17) is 21.7 Å². The van der Waals surface area contributed by atoms with Crippen LogP contribution < -0.4 is 9.47 Å². The van der Waals surface area contributed by atoms with Gasteiger partial charge >= 0.3 is 5.69 Å². The van der Waals surface area contributed by atoms with E-state index < -0.39 is 4.92 Å². The molecule has 0 radical (unpaired) electrons. The number of methoxy groups -OCH3 is 1. The predicted molar refractivity (Wildman–Crippen MR) is 110 cm³/mol. The van der Waals surface area contributed by atoms with Gasteiger partial charge in [0.1, 0.15) is 5.82 Å². The Balaban J connectivity index is 1.95. The highest BCUT2D eigenvalue weighted by Gasteiger charge is 2.21. The molecule has 11 heteroatoms. The summed E-state index contributed by atoms with van der Waals surface area (Å²) in [6, 6.07) is 8.90. The number of H-pyrrole nitrogens is 1. The van der Waals surface area contributed by atoms with Crippen molar-refractivity contribution in [2.75, 3.05) is 13.7 Å². The normalized spacial score (nSPS) is 11.0. The fraction of sp³-hybridized carbons (Fsp3) is 0.211. The molecule has 0 bridgehead atoms. The Kier molecular flexibility index (Phi) is 6.52. The average molecular weight is 431 g/mol. The second kappa shape index (κ2) is 9.27. The van der Waals surface area contributed by atoms with Gasteiger partial charge in [-0.15, -0.1) is 0 Å². The van der Waals surface area contributed by atoms with Gasteiger partial charge in [0.15, 0.2) is 11.6 Å². The lowest BCUT2D eigenvalue weighted by Crippen LogP contribution is -2.03. The average Bonchev–Trinajstić information content (AvgIpc) is 3.07. The molecule has 0 spiro atoms. The first kappa shape index (κ1) is 21.1. The summed E-state index contributed by atoms with van der Waals surface area (Å²) in [5.41, 5.74) is 0.998. The number of nitro benzene ring substituents is 1. The van der Waals surface area contributed by atoms with Crippen molar-refractivity contribution in [1.29, 1.82) is 0 Å². The Morgan fingerprint density at radius 3 is 2.73 bits per heavy atom. The van der Waals surface area contributed by atoms with Gasteiger partial charge in [0.05, 0.1) is 24.9 Å². The van der Waals surface area contributed by atoms with Crippen molar-refractivity contribution < 1.29 is 18.8 Å². The van der Waals surface area contributed by atoms with Gasteiger partial charge < -0.3 is 9.47 Å². The van der Waals surface area contributed by atoms with Crippen molar-refractivity contribution in [3.05, 3.63) is 74.1 Å². The van der Waals surface area contributed by atoms with E-state index in [1.807, 2.05) is 0 Å². The van der Waals surface area contributed by atoms with Crippen molar-refractivity contribution in [1.82, 2.24) is 14.9 Å². The van der Waals surface area contributed by atoms with E-state index in [0.717, 1.165) is 5.56 Å². The number of hydrogen-bond donors (Lipinski definition) is 1. The van der Waals surface area contributed by atoms with E-state index in [9.17, 15) is 14.5 Å². The molecule has 0 aliphatic rings. The highest BCUT2D eigenvalue weighted by molar-refractivity contribution is 7.71. The Labute approximate surface area is 175 Å². The second-order valence-corrected chi connectivity index (χ2v) is 6.45. The molecule has 2 aromatic carbocycles. The van der Waals surface area contributed by atoms with Crippen LogP contribution in [0.15, 0.2) is 41.5 Å². The molecular formula is C19H18FN5O4S. The van der Waals surface area contributed by atoms with E-state index in [1.165, 1.54) is 36.2 Å². The Hall–Kier alpha value is -3.60. The van der Waals surface area contributed by atoms with Crippen molar-refractivity contribution in [3.8, 4) is 11.5 Å². The number of nitro groups is 1. The first-order valence-corrected chi connectivity index (χ1v) is 9.28. The number of ether oxygens (including phenoxy) is 2. The van der Waals surface area contributed by atoms with Crippen LogP contribution in [0.5, 0.6) is 11.5 Å². The molecule has 30 heavy (non-hydrogen) atoms. The summed E-state index contributed by atoms with van der Waals surface area (Å²) in [4.78, 5) is 10.9. The highest BCUT2D eigenvalue weighted by Crippen LogP contribution is 2.37. The number of benzene rings is 2. The number of rotatable bonds is 8. The lowest BCUT2D eigenvalue weighted by atomic mass is 10.1. The molecule has 0 saturated carbocycles. The fourth-order valence-electron chi connectivity index (χ4n) is 2.73. The molecule has 1 heterocycles. The Morgan fingerprint density at radius 2 is 2.10 bits per heavy atom. The smallest absolute Gasteiger partial charge is 0.315 e. The molecule has 1 N–H and O–H groups in total. The lowest BCUT2D eigenvalue weighted by molar-refractivity contribution is -0.385. The van der Waals surface area contributed by atoms with Gasteiger partial charge in [0.25, 0.3) is 0 Å². The molecule has 0 aliphatic carbocycles. The molecule has 3 aromatic rings. The molecule has 0 unspecified atom stereocenters. The molecular weight excluding hydrogens is 413 g/mol. The molecule has 3 rings (SSSR count). The molecule has 156 valence electrons. The number of aromatic amines is 1. The van der Waals surface area contributed by atoms with Crippen molar-refractivity contribution in [2.24, 2.45) is 5.10 Å². The second-order valence-electron chi connectivity index (χ2n) is 6.07. The monoisotopic (exact) mass is 431 g/mol. The van der Waals surface area contributed by atoms with Gasteiger partial charge in [-0.3, -0.25) is 15.2 Å². The topological polar surface area (TPSA) is 108 Å². The van der Waals surface area contributed by atoms with Gasteiger partial charge in [0, 0.05) is 18.1 Å². The summed E-state index contributed by atoms with van der Waals surface area (Å²) in [6.07, 6.45) is 1.77. The standard InChI is InChI=1S/C19H18FN5O4S/c1-3-29-18-15(25(26)27)8-13(9-16(18)28-2)11-21-24-17(22-23-19(24)30)10-12-4-6-14(20)7-5-12/h4-9,11H,3,10H2,1-2H3,(H,23,30)/b21-11-. The minimum absolute atomic E-state index is 0.0547. The van der Waals surface area contributed by atoms with Crippen molar-refractivity contribution in [3.63, 3.8) is 0 Å². The van der Waals surface area contributed by atoms with Crippen LogP contribution in [0.25, 0.3) is 0 Å². The summed E-state index contributed by atoms with van der Waals surface area (Å²) in [5.74, 6) is 0.436. The van der Waals surface area contributed by atoms with Gasteiger partial charge in [-0.1, -0.05) is 12.1 Å². The SMILES string of the molecule is CCOc1c(OC)cc(/C=N\n2c(Cc3ccc(F)cc3)n[nH]c2=S)cc1[N+](=O)[O-]. The maximum absolute atomic E-state index is 13.1. The van der Waals surface area contributed by atoms with E-state index in [0.29, 0.717) is 17.8 Å². The maximum Gasteiger partial charge on any atom is 0.315 e. The zero-order chi connectivity index (χ0) is 21.7. The molecule has 9 nitrogen and oxygen atoms in total. The quantitative estimate of drug-likeness (QED) is 0.251. The van der Waals surface area contributed by atoms with E-state index in [2.05, 4.69) is 15.3 Å². The zero-order valence-corrected chi connectivity index (χ0v) is 17.0. The van der Waals surface area contributed by atoms with Gasteiger partial charge in [-0.2, -0.15) is 14.9 Å². The third kappa shape index (κ3) is 4.69. The largest absolute Gasteiger partial charge is 0.493 e. The van der Waals surface area contributed by atoms with Gasteiger partial charge in [0.2, 0.25) is 10.5 Å². The van der Waals surface area contributed by atoms with E-state index in [1.54, 1.807) is 25.1 Å². The number of halogens is 1. The summed E-state index contributed by atoms with van der Waals surface area (Å²) in [7, 11) is 1.40. The van der Waals surface area contributed by atoms with Crippen LogP contribution in [0.2, 0.25) is 0 Å². The number of nitrogens with zero attached hydrogens (tertiary/aromatic N) is 4. The van der Waals surface area contributed by atoms with Crippen LogP contribution >= 0.6 is 12.2 Å². The van der Waals surface area contributed by atoms with Crippen LogP contribution in [0.4, 0.5) is 10.1 Å². The molecule has 0 fully saturated rings. The Morgan fingerprint density at radius 1 is 1.37 bits per heavy atom. The summed E-state index contributed by atoms with van der Waals surface area (Å²) >= 11 is 5.21. The van der Waals surface area contributed by atoms with Crippen LogP contribution in [0.1, 0.15) is 23.9 Å². The fourth-order valence-corrected chi connectivity index (χ4v) is 2.92. The number of aromatic nitrogens is 3. The van der Waals surface area contributed by atoms with Crippen molar-refractivity contribution >= 4 is 24.1 Å². The lowest BCUT2D eigenvalue weighted by Gasteiger charge is -2.10. The molecule has 0 atom stereocenters. The molecule has 0 saturated heterocycles. The number of nitrogens with one attached hydrogen (secondary N) is 1. The van der Waals surface area contributed by atoms with Crippen LogP contribution in [0.3, 0.4) is 0 Å². The van der Waals surface area contributed by atoms with Gasteiger partial charge in [-0.25, -0.2) is 4.39 Å².